The second kappa shape index (κ2) is 7.45. The number of carbonyl (C=O) groups excluding carboxylic acids is 2. The third-order valence-corrected chi connectivity index (χ3v) is 2.38. The second-order valence-corrected chi connectivity index (χ2v) is 3.79. The van der Waals surface area contributed by atoms with Crippen molar-refractivity contribution >= 4 is 11.9 Å². The minimum absolute atomic E-state index is 0.00596. The van der Waals surface area contributed by atoms with E-state index in [9.17, 15) is 9.59 Å². The Hall–Kier alpha value is -1.88. The fourth-order valence-corrected chi connectivity index (χ4v) is 1.40. The average molecular weight is 251 g/mol. The summed E-state index contributed by atoms with van der Waals surface area (Å²) < 4.78 is 9.31. The van der Waals surface area contributed by atoms with Gasteiger partial charge in [0.2, 0.25) is 0 Å². The Labute approximate surface area is 106 Å². The molecule has 18 heavy (non-hydrogen) atoms. The van der Waals surface area contributed by atoms with Crippen molar-refractivity contribution in [2.24, 2.45) is 5.73 Å². The van der Waals surface area contributed by atoms with Crippen LogP contribution in [0.3, 0.4) is 0 Å². The molecule has 0 aromatic heterocycles. The average Bonchev–Trinajstić information content (AvgIpc) is 2.39. The molecule has 0 aliphatic carbocycles. The normalized spacial score (nSPS) is 11.7. The van der Waals surface area contributed by atoms with Gasteiger partial charge >= 0.3 is 11.9 Å². The molecule has 0 radical (unpaired) electrons. The van der Waals surface area contributed by atoms with Crippen LogP contribution in [0.2, 0.25) is 0 Å². The lowest BCUT2D eigenvalue weighted by atomic mass is 10.1. The van der Waals surface area contributed by atoms with Crippen LogP contribution >= 0.6 is 0 Å². The largest absolute Gasteiger partial charge is 0.469 e. The van der Waals surface area contributed by atoms with E-state index in [0.717, 1.165) is 5.56 Å². The second-order valence-electron chi connectivity index (χ2n) is 3.79. The molecule has 0 aliphatic heterocycles. The highest BCUT2D eigenvalue weighted by Crippen LogP contribution is 2.03. The first-order valence-corrected chi connectivity index (χ1v) is 5.66. The lowest BCUT2D eigenvalue weighted by Crippen LogP contribution is -2.34. The molecule has 0 spiro atoms. The van der Waals surface area contributed by atoms with Gasteiger partial charge in [-0.25, -0.2) is 0 Å². The molecular weight excluding hydrogens is 234 g/mol. The van der Waals surface area contributed by atoms with E-state index < -0.39 is 18.0 Å². The molecule has 98 valence electrons. The Bertz CT molecular complexity index is 391. The number of methoxy groups -OCH3 is 1. The van der Waals surface area contributed by atoms with Crippen LogP contribution in [0.15, 0.2) is 30.3 Å². The Morgan fingerprint density at radius 2 is 1.94 bits per heavy atom. The zero-order valence-electron chi connectivity index (χ0n) is 10.3. The molecular formula is C13H17NO4. The van der Waals surface area contributed by atoms with Crippen molar-refractivity contribution in [2.45, 2.75) is 18.9 Å². The van der Waals surface area contributed by atoms with Crippen molar-refractivity contribution in [3.05, 3.63) is 35.9 Å². The third-order valence-electron chi connectivity index (χ3n) is 2.38. The highest BCUT2D eigenvalue weighted by atomic mass is 16.5. The number of esters is 2. The lowest BCUT2D eigenvalue weighted by Gasteiger charge is -2.11. The highest BCUT2D eigenvalue weighted by molar-refractivity contribution is 5.76. The number of carbonyl (C=O) groups is 2. The SMILES string of the molecule is COC(=O)CCOC(=O)[C@@H](N)Cc1ccccc1. The summed E-state index contributed by atoms with van der Waals surface area (Å²) in [5.41, 5.74) is 6.68. The summed E-state index contributed by atoms with van der Waals surface area (Å²) in [6.45, 7) is -0.00596. The molecule has 0 saturated carbocycles. The monoisotopic (exact) mass is 251 g/mol. The van der Waals surface area contributed by atoms with Crippen LogP contribution in [0.25, 0.3) is 0 Å². The molecule has 2 N–H and O–H groups in total. The van der Waals surface area contributed by atoms with Gasteiger partial charge in [-0.1, -0.05) is 30.3 Å². The lowest BCUT2D eigenvalue weighted by molar-refractivity contribution is -0.148. The maximum absolute atomic E-state index is 11.5. The summed E-state index contributed by atoms with van der Waals surface area (Å²) in [4.78, 5) is 22.3. The van der Waals surface area contributed by atoms with E-state index in [1.807, 2.05) is 30.3 Å². The fraction of sp³-hybridized carbons (Fsp3) is 0.385. The summed E-state index contributed by atoms with van der Waals surface area (Å²) in [5.74, 6) is -0.929. The first-order chi connectivity index (χ1) is 8.63. The van der Waals surface area contributed by atoms with Gasteiger partial charge in [0.05, 0.1) is 13.5 Å². The molecule has 0 saturated heterocycles. The van der Waals surface area contributed by atoms with E-state index >= 15 is 0 Å². The predicted molar refractivity (Wildman–Crippen MR) is 65.7 cm³/mol. The smallest absolute Gasteiger partial charge is 0.323 e. The number of benzene rings is 1. The van der Waals surface area contributed by atoms with Gasteiger partial charge in [0.25, 0.3) is 0 Å². The molecule has 1 rings (SSSR count). The van der Waals surface area contributed by atoms with Crippen molar-refractivity contribution in [1.29, 1.82) is 0 Å². The van der Waals surface area contributed by atoms with Crippen molar-refractivity contribution in [1.82, 2.24) is 0 Å². The van der Waals surface area contributed by atoms with Crippen molar-refractivity contribution in [3.63, 3.8) is 0 Å². The molecule has 5 heteroatoms. The van der Waals surface area contributed by atoms with E-state index in [2.05, 4.69) is 4.74 Å². The maximum Gasteiger partial charge on any atom is 0.323 e. The van der Waals surface area contributed by atoms with Gasteiger partial charge in [0.1, 0.15) is 12.6 Å². The maximum atomic E-state index is 11.5. The van der Waals surface area contributed by atoms with Crippen molar-refractivity contribution in [2.75, 3.05) is 13.7 Å². The van der Waals surface area contributed by atoms with Crippen LogP contribution in [-0.2, 0) is 25.5 Å². The summed E-state index contributed by atoms with van der Waals surface area (Å²) in [7, 11) is 1.28. The number of ether oxygens (including phenoxy) is 2. The number of hydrogen-bond acceptors (Lipinski definition) is 5. The molecule has 0 heterocycles. The zero-order chi connectivity index (χ0) is 13.4. The Morgan fingerprint density at radius 3 is 2.56 bits per heavy atom. The van der Waals surface area contributed by atoms with Crippen molar-refractivity contribution in [3.8, 4) is 0 Å². The minimum Gasteiger partial charge on any atom is -0.469 e. The predicted octanol–water partition coefficient (Wildman–Crippen LogP) is 0.663. The molecule has 0 unspecified atom stereocenters. The van der Waals surface area contributed by atoms with Gasteiger partial charge in [-0.3, -0.25) is 9.59 Å². The van der Waals surface area contributed by atoms with Crippen LogP contribution in [0.4, 0.5) is 0 Å². The molecule has 1 atom stereocenters. The number of rotatable bonds is 6. The summed E-state index contributed by atoms with van der Waals surface area (Å²) in [5, 5.41) is 0. The Morgan fingerprint density at radius 1 is 1.28 bits per heavy atom. The zero-order valence-corrected chi connectivity index (χ0v) is 10.3. The molecule has 5 nitrogen and oxygen atoms in total. The highest BCUT2D eigenvalue weighted by Gasteiger charge is 2.15. The number of hydrogen-bond donors (Lipinski definition) is 1. The first-order valence-electron chi connectivity index (χ1n) is 5.66. The quantitative estimate of drug-likeness (QED) is 0.751. The van der Waals surface area contributed by atoms with E-state index in [-0.39, 0.29) is 13.0 Å². The molecule has 0 amide bonds. The van der Waals surface area contributed by atoms with Crippen LogP contribution in [0.1, 0.15) is 12.0 Å². The van der Waals surface area contributed by atoms with E-state index in [4.69, 9.17) is 10.5 Å². The summed E-state index contributed by atoms with van der Waals surface area (Å²) in [6, 6.07) is 8.72. The third kappa shape index (κ3) is 4.97. The van der Waals surface area contributed by atoms with Crippen LogP contribution in [0, 0.1) is 0 Å². The van der Waals surface area contributed by atoms with Crippen molar-refractivity contribution < 1.29 is 19.1 Å². The van der Waals surface area contributed by atoms with Gasteiger partial charge in [-0.05, 0) is 12.0 Å². The Balaban J connectivity index is 2.31. The topological polar surface area (TPSA) is 78.6 Å². The minimum atomic E-state index is -0.718. The van der Waals surface area contributed by atoms with Gasteiger partial charge in [0, 0.05) is 0 Å². The fourth-order valence-electron chi connectivity index (χ4n) is 1.40. The summed E-state index contributed by atoms with van der Waals surface area (Å²) >= 11 is 0. The van der Waals surface area contributed by atoms with Gasteiger partial charge < -0.3 is 15.2 Å². The van der Waals surface area contributed by atoms with Gasteiger partial charge in [0.15, 0.2) is 0 Å². The van der Waals surface area contributed by atoms with Gasteiger partial charge in [-0.2, -0.15) is 0 Å². The van der Waals surface area contributed by atoms with E-state index in [0.29, 0.717) is 6.42 Å². The molecule has 0 fully saturated rings. The van der Waals surface area contributed by atoms with E-state index in [1.165, 1.54) is 7.11 Å². The Kier molecular flexibility index (Phi) is 5.87. The van der Waals surface area contributed by atoms with Crippen LogP contribution < -0.4 is 5.73 Å². The molecule has 1 aromatic carbocycles. The standard InChI is InChI=1S/C13H17NO4/c1-17-12(15)7-8-18-13(16)11(14)9-10-5-3-2-4-6-10/h2-6,11H,7-9,14H2,1H3/t11-/m0/s1. The van der Waals surface area contributed by atoms with Crippen LogP contribution in [-0.4, -0.2) is 31.7 Å². The first kappa shape index (κ1) is 14.2. The summed E-state index contributed by atoms with van der Waals surface area (Å²) in [6.07, 6.45) is 0.457. The molecule has 0 bridgehead atoms. The van der Waals surface area contributed by atoms with Crippen LogP contribution in [0.5, 0.6) is 0 Å². The number of nitrogens with two attached hydrogens (primary N) is 1. The van der Waals surface area contributed by atoms with Gasteiger partial charge in [-0.15, -0.1) is 0 Å². The molecule has 0 aliphatic rings. The van der Waals surface area contributed by atoms with E-state index in [1.54, 1.807) is 0 Å². The molecule has 1 aromatic rings.